The molecule has 14 heteroatoms. The van der Waals surface area contributed by atoms with Gasteiger partial charge in [0.25, 0.3) is 10.0 Å². The fraction of sp³-hybridized carbons (Fsp3) is 0.333. The summed E-state index contributed by atoms with van der Waals surface area (Å²) >= 11 is 18.0. The first-order valence-electron chi connectivity index (χ1n) is 13.7. The molecule has 0 saturated heterocycles. The van der Waals surface area contributed by atoms with Crippen LogP contribution in [0.1, 0.15) is 43.7 Å². The number of carbonyl (C=O) groups excluding carboxylic acids is 2. The predicted molar refractivity (Wildman–Crippen MR) is 164 cm³/mol. The van der Waals surface area contributed by atoms with E-state index < -0.39 is 56.9 Å². The summed E-state index contributed by atoms with van der Waals surface area (Å²) in [6.07, 6.45) is -1.40. The lowest BCUT2D eigenvalue weighted by molar-refractivity contribution is -0.139. The first kappa shape index (κ1) is 33.9. The lowest BCUT2D eigenvalue weighted by Crippen LogP contribution is -2.52. The molecule has 1 saturated carbocycles. The number of rotatable bonds is 10. The zero-order valence-corrected chi connectivity index (χ0v) is 26.5. The smallest absolute Gasteiger partial charge is 0.352 e. The average molecular weight is 691 g/mol. The first-order valence-corrected chi connectivity index (χ1v) is 16.2. The zero-order valence-electron chi connectivity index (χ0n) is 23.5. The Morgan fingerprint density at radius 3 is 2.18 bits per heavy atom. The molecule has 4 rings (SSSR count). The molecule has 0 spiro atoms. The van der Waals surface area contributed by atoms with Crippen LogP contribution in [0.3, 0.4) is 0 Å². The lowest BCUT2D eigenvalue weighted by Gasteiger charge is -2.32. The van der Waals surface area contributed by atoms with E-state index in [-0.39, 0.29) is 27.5 Å². The molecule has 44 heavy (non-hydrogen) atoms. The van der Waals surface area contributed by atoms with Gasteiger partial charge in [-0.25, -0.2) is 8.42 Å². The second kappa shape index (κ2) is 14.0. The van der Waals surface area contributed by atoms with Crippen LogP contribution in [0.4, 0.5) is 18.9 Å². The standard InChI is InChI=1S/C30H29Cl3F3N3O4S/c1-19(29(41)37-21-7-5-6-8-21)38(17-20-11-13-26(32)27(33)15-20)28(40)18-39(44(42,43)23-9-3-2-4-10-23)22-12-14-25(31)24(16-22)30(34,35)36/h2-4,9-16,19,21H,5-8,17-18H2,1H3,(H,37,41)/t19-/m1/s1. The summed E-state index contributed by atoms with van der Waals surface area (Å²) < 4.78 is 69.6. The van der Waals surface area contributed by atoms with E-state index in [4.69, 9.17) is 34.8 Å². The number of amides is 2. The van der Waals surface area contributed by atoms with Gasteiger partial charge in [-0.3, -0.25) is 13.9 Å². The fourth-order valence-electron chi connectivity index (χ4n) is 4.94. The maximum Gasteiger partial charge on any atom is 0.417 e. The highest BCUT2D eigenvalue weighted by molar-refractivity contribution is 7.92. The highest BCUT2D eigenvalue weighted by Gasteiger charge is 2.37. The molecule has 1 aliphatic carbocycles. The van der Waals surface area contributed by atoms with Gasteiger partial charge in [0.2, 0.25) is 11.8 Å². The van der Waals surface area contributed by atoms with E-state index in [9.17, 15) is 31.2 Å². The quantitative estimate of drug-likeness (QED) is 0.241. The summed E-state index contributed by atoms with van der Waals surface area (Å²) in [5.41, 5.74) is -1.21. The van der Waals surface area contributed by atoms with Crippen LogP contribution in [-0.4, -0.2) is 43.8 Å². The molecule has 0 unspecified atom stereocenters. The Kier molecular flexibility index (Phi) is 10.8. The monoisotopic (exact) mass is 689 g/mol. The Labute approximate surface area is 268 Å². The van der Waals surface area contributed by atoms with E-state index >= 15 is 0 Å². The molecular formula is C30H29Cl3F3N3O4S. The molecule has 3 aromatic rings. The van der Waals surface area contributed by atoms with Gasteiger partial charge in [0.05, 0.1) is 31.2 Å². The Bertz CT molecular complexity index is 1620. The molecule has 2 amide bonds. The van der Waals surface area contributed by atoms with Crippen LogP contribution in [0.25, 0.3) is 0 Å². The molecule has 0 heterocycles. The number of benzene rings is 3. The third-order valence-corrected chi connectivity index (χ3v) is 10.2. The van der Waals surface area contributed by atoms with Crippen molar-refractivity contribution in [1.29, 1.82) is 0 Å². The number of sulfonamides is 1. The summed E-state index contributed by atoms with van der Waals surface area (Å²) in [7, 11) is -4.57. The molecule has 1 atom stereocenters. The summed E-state index contributed by atoms with van der Waals surface area (Å²) in [6.45, 7) is 0.418. The number of hydrogen-bond acceptors (Lipinski definition) is 4. The lowest BCUT2D eigenvalue weighted by atomic mass is 10.1. The fourth-order valence-corrected chi connectivity index (χ4v) is 6.92. The third-order valence-electron chi connectivity index (χ3n) is 7.36. The molecule has 1 N–H and O–H groups in total. The van der Waals surface area contributed by atoms with Crippen LogP contribution < -0.4 is 9.62 Å². The number of halogens is 6. The zero-order chi connectivity index (χ0) is 32.2. The van der Waals surface area contributed by atoms with Gasteiger partial charge in [-0.1, -0.05) is 71.9 Å². The van der Waals surface area contributed by atoms with Gasteiger partial charge < -0.3 is 10.2 Å². The van der Waals surface area contributed by atoms with Crippen LogP contribution in [0, 0.1) is 0 Å². The van der Waals surface area contributed by atoms with Gasteiger partial charge in [-0.2, -0.15) is 13.2 Å². The van der Waals surface area contributed by atoms with Crippen molar-refractivity contribution in [3.63, 3.8) is 0 Å². The van der Waals surface area contributed by atoms with Gasteiger partial charge in [0.1, 0.15) is 12.6 Å². The Balaban J connectivity index is 1.75. The number of nitrogens with one attached hydrogen (secondary N) is 1. The molecule has 236 valence electrons. The van der Waals surface area contributed by atoms with E-state index in [2.05, 4.69) is 5.32 Å². The van der Waals surface area contributed by atoms with Gasteiger partial charge in [-0.15, -0.1) is 0 Å². The summed E-state index contributed by atoms with van der Waals surface area (Å²) in [4.78, 5) is 28.2. The second-order valence-electron chi connectivity index (χ2n) is 10.4. The summed E-state index contributed by atoms with van der Waals surface area (Å²) in [5, 5.41) is 2.77. The minimum atomic E-state index is -4.90. The van der Waals surface area contributed by atoms with E-state index in [1.807, 2.05) is 0 Å². The number of hydrogen-bond donors (Lipinski definition) is 1. The molecule has 7 nitrogen and oxygen atoms in total. The Hall–Kier alpha value is -2.99. The topological polar surface area (TPSA) is 86.8 Å². The van der Waals surface area contributed by atoms with E-state index in [0.29, 0.717) is 15.9 Å². The molecule has 0 radical (unpaired) electrons. The molecule has 0 aliphatic heterocycles. The highest BCUT2D eigenvalue weighted by atomic mass is 35.5. The van der Waals surface area contributed by atoms with E-state index in [1.54, 1.807) is 12.1 Å². The van der Waals surface area contributed by atoms with Crippen molar-refractivity contribution < 1.29 is 31.2 Å². The van der Waals surface area contributed by atoms with E-state index in [0.717, 1.165) is 42.7 Å². The third kappa shape index (κ3) is 7.99. The molecule has 1 aliphatic rings. The van der Waals surface area contributed by atoms with Gasteiger partial charge in [0.15, 0.2) is 0 Å². The Morgan fingerprint density at radius 2 is 1.57 bits per heavy atom. The predicted octanol–water partition coefficient (Wildman–Crippen LogP) is 7.34. The van der Waals surface area contributed by atoms with Gasteiger partial charge >= 0.3 is 6.18 Å². The molecule has 0 bridgehead atoms. The average Bonchev–Trinajstić information content (AvgIpc) is 3.49. The van der Waals surface area contributed by atoms with E-state index in [1.165, 1.54) is 43.3 Å². The van der Waals surface area contributed by atoms with Crippen LogP contribution in [0.15, 0.2) is 71.6 Å². The van der Waals surface area contributed by atoms with Crippen molar-refractivity contribution in [1.82, 2.24) is 10.2 Å². The maximum atomic E-state index is 14.0. The van der Waals surface area contributed by atoms with Crippen LogP contribution in [0.5, 0.6) is 0 Å². The number of alkyl halides is 3. The normalized spacial score (nSPS) is 14.7. The minimum absolute atomic E-state index is 0.0586. The maximum absolute atomic E-state index is 14.0. The molecular weight excluding hydrogens is 662 g/mol. The van der Waals surface area contributed by atoms with Crippen molar-refractivity contribution in [2.24, 2.45) is 0 Å². The number of anilines is 1. The molecule has 1 fully saturated rings. The van der Waals surface area contributed by atoms with Crippen molar-refractivity contribution in [2.45, 2.75) is 62.3 Å². The molecule has 3 aromatic carbocycles. The highest BCUT2D eigenvalue weighted by Crippen LogP contribution is 2.38. The van der Waals surface area contributed by atoms with Crippen molar-refractivity contribution in [3.05, 3.63) is 92.9 Å². The van der Waals surface area contributed by atoms with Crippen molar-refractivity contribution in [2.75, 3.05) is 10.8 Å². The second-order valence-corrected chi connectivity index (χ2v) is 13.5. The molecule has 0 aromatic heterocycles. The number of nitrogens with zero attached hydrogens (tertiary/aromatic N) is 2. The minimum Gasteiger partial charge on any atom is -0.352 e. The van der Waals surface area contributed by atoms with Crippen molar-refractivity contribution in [3.8, 4) is 0 Å². The van der Waals surface area contributed by atoms with Crippen LogP contribution in [0.2, 0.25) is 15.1 Å². The van der Waals surface area contributed by atoms with Crippen LogP contribution >= 0.6 is 34.8 Å². The SMILES string of the molecule is C[C@H](C(=O)NC1CCCC1)N(Cc1ccc(Cl)c(Cl)c1)C(=O)CN(c1ccc(Cl)c(C(F)(F)F)c1)S(=O)(=O)c1ccccc1. The largest absolute Gasteiger partial charge is 0.417 e. The van der Waals surface area contributed by atoms with Crippen molar-refractivity contribution >= 4 is 62.3 Å². The van der Waals surface area contributed by atoms with Gasteiger partial charge in [-0.05, 0) is 67.8 Å². The summed E-state index contributed by atoms with van der Waals surface area (Å²) in [5.74, 6) is -1.29. The number of carbonyl (C=O) groups is 2. The first-order chi connectivity index (χ1) is 20.7. The Morgan fingerprint density at radius 1 is 0.932 bits per heavy atom. The summed E-state index contributed by atoms with van der Waals surface area (Å²) in [6, 6.07) is 13.1. The van der Waals surface area contributed by atoms with Crippen LogP contribution in [-0.2, 0) is 32.3 Å². The van der Waals surface area contributed by atoms with Gasteiger partial charge in [0, 0.05) is 12.6 Å².